The summed E-state index contributed by atoms with van der Waals surface area (Å²) in [6.07, 6.45) is 4.66. The Kier molecular flexibility index (Phi) is 4.53. The maximum Gasteiger partial charge on any atom is 0.175 e. The maximum atomic E-state index is 8.83. The molecule has 1 aliphatic carbocycles. The van der Waals surface area contributed by atoms with Crippen molar-refractivity contribution >= 4 is 17.4 Å². The van der Waals surface area contributed by atoms with Gasteiger partial charge in [0.05, 0.1) is 16.7 Å². The van der Waals surface area contributed by atoms with E-state index in [-0.39, 0.29) is 11.9 Å². The van der Waals surface area contributed by atoms with Crippen LogP contribution in [0.2, 0.25) is 5.02 Å². The van der Waals surface area contributed by atoms with Gasteiger partial charge in [0.2, 0.25) is 0 Å². The molecule has 1 saturated carbocycles. The lowest BCUT2D eigenvalue weighted by atomic mass is 9.88. The average Bonchev–Trinajstić information content (AvgIpc) is 2.38. The minimum atomic E-state index is -0.0237. The predicted molar refractivity (Wildman–Crippen MR) is 76.0 cm³/mol. The Hall–Kier alpha value is -1.42. The van der Waals surface area contributed by atoms with Crippen LogP contribution >= 0.6 is 11.6 Å². The molecule has 2 atom stereocenters. The smallest absolute Gasteiger partial charge is 0.175 e. The van der Waals surface area contributed by atoms with Crippen LogP contribution in [0.5, 0.6) is 5.75 Å². The number of nitrogens with zero attached hydrogens (tertiary/aromatic N) is 1. The van der Waals surface area contributed by atoms with Gasteiger partial charge in [-0.15, -0.1) is 0 Å². The van der Waals surface area contributed by atoms with E-state index < -0.39 is 0 Å². The Morgan fingerprint density at radius 3 is 2.95 bits per heavy atom. The third-order valence-electron chi connectivity index (χ3n) is 3.52. The van der Waals surface area contributed by atoms with E-state index in [0.29, 0.717) is 22.3 Å². The molecule has 0 amide bonds. The van der Waals surface area contributed by atoms with Crippen LogP contribution in [0.1, 0.15) is 38.2 Å². The molecule has 0 aliphatic heterocycles. The summed E-state index contributed by atoms with van der Waals surface area (Å²) in [4.78, 5) is 0. The first-order valence-electron chi connectivity index (χ1n) is 6.55. The van der Waals surface area contributed by atoms with Gasteiger partial charge in [-0.25, -0.2) is 0 Å². The third-order valence-corrected chi connectivity index (χ3v) is 3.84. The van der Waals surface area contributed by atoms with Crippen molar-refractivity contribution in [1.29, 1.82) is 0 Å². The molecule has 0 saturated heterocycles. The lowest BCUT2D eigenvalue weighted by molar-refractivity contribution is 0.129. The molecule has 19 heavy (non-hydrogen) atoms. The monoisotopic (exact) mass is 282 g/mol. The van der Waals surface area contributed by atoms with E-state index in [4.69, 9.17) is 27.3 Å². The van der Waals surface area contributed by atoms with Crippen molar-refractivity contribution in [3.05, 3.63) is 28.8 Å². The Morgan fingerprint density at radius 2 is 2.26 bits per heavy atom. The molecule has 2 unspecified atom stereocenters. The minimum Gasteiger partial charge on any atom is -0.490 e. The molecule has 1 fully saturated rings. The quantitative estimate of drug-likeness (QED) is 0.386. The zero-order valence-corrected chi connectivity index (χ0v) is 11.7. The minimum absolute atomic E-state index is 0.0237. The number of benzene rings is 1. The first-order chi connectivity index (χ1) is 9.11. The summed E-state index contributed by atoms with van der Waals surface area (Å²) in [5.41, 5.74) is 6.13. The molecule has 0 radical (unpaired) electrons. The van der Waals surface area contributed by atoms with Crippen molar-refractivity contribution in [2.45, 2.75) is 38.7 Å². The summed E-state index contributed by atoms with van der Waals surface area (Å²) in [6.45, 7) is 2.23. The average molecular weight is 283 g/mol. The zero-order chi connectivity index (χ0) is 13.8. The van der Waals surface area contributed by atoms with Gasteiger partial charge < -0.3 is 15.7 Å². The summed E-state index contributed by atoms with van der Waals surface area (Å²) in [6, 6.07) is 5.31. The Bertz CT molecular complexity index is 477. The van der Waals surface area contributed by atoms with Crippen LogP contribution in [-0.2, 0) is 0 Å². The number of oxime groups is 1. The number of nitrogens with two attached hydrogens (primary N) is 1. The third kappa shape index (κ3) is 3.32. The van der Waals surface area contributed by atoms with E-state index in [1.54, 1.807) is 18.2 Å². The van der Waals surface area contributed by atoms with E-state index in [1.807, 2.05) is 0 Å². The van der Waals surface area contributed by atoms with E-state index in [9.17, 15) is 0 Å². The van der Waals surface area contributed by atoms with Gasteiger partial charge >= 0.3 is 0 Å². The second kappa shape index (κ2) is 6.15. The van der Waals surface area contributed by atoms with Gasteiger partial charge in [0.25, 0.3) is 0 Å². The SMILES string of the molecule is CC1CCCC(Oc2cccc(Cl)c2C(N)=NO)C1. The van der Waals surface area contributed by atoms with E-state index in [2.05, 4.69) is 12.1 Å². The fourth-order valence-electron chi connectivity index (χ4n) is 2.57. The van der Waals surface area contributed by atoms with Gasteiger partial charge in [-0.1, -0.05) is 36.2 Å². The lowest BCUT2D eigenvalue weighted by Crippen LogP contribution is -2.25. The highest BCUT2D eigenvalue weighted by molar-refractivity contribution is 6.34. The van der Waals surface area contributed by atoms with Gasteiger partial charge in [0, 0.05) is 0 Å². The lowest BCUT2D eigenvalue weighted by Gasteiger charge is -2.28. The molecule has 104 valence electrons. The van der Waals surface area contributed by atoms with Crippen LogP contribution < -0.4 is 10.5 Å². The zero-order valence-electron chi connectivity index (χ0n) is 11.0. The maximum absolute atomic E-state index is 8.83. The number of hydrogen-bond donors (Lipinski definition) is 2. The fraction of sp³-hybridized carbons (Fsp3) is 0.500. The molecule has 5 heteroatoms. The van der Waals surface area contributed by atoms with Crippen molar-refractivity contribution in [3.63, 3.8) is 0 Å². The first-order valence-corrected chi connectivity index (χ1v) is 6.92. The summed E-state index contributed by atoms with van der Waals surface area (Å²) in [7, 11) is 0. The standard InChI is InChI=1S/C14H19ClN2O2/c1-9-4-2-5-10(8-9)19-12-7-3-6-11(15)13(12)14(16)17-18/h3,6-7,9-10,18H,2,4-5,8H2,1H3,(H2,16,17). The molecule has 3 N–H and O–H groups in total. The first kappa shape index (κ1) is 14.0. The number of halogens is 1. The van der Waals surface area contributed by atoms with Crippen LogP contribution in [0, 0.1) is 5.92 Å². The largest absolute Gasteiger partial charge is 0.490 e. The van der Waals surface area contributed by atoms with Gasteiger partial charge in [-0.3, -0.25) is 0 Å². The Balaban J connectivity index is 2.22. The van der Waals surface area contributed by atoms with Gasteiger partial charge in [0.1, 0.15) is 5.75 Å². The van der Waals surface area contributed by atoms with E-state index in [1.165, 1.54) is 12.8 Å². The number of ether oxygens (including phenoxy) is 1. The molecule has 0 heterocycles. The number of hydrogen-bond acceptors (Lipinski definition) is 3. The Labute approximate surface area is 118 Å². The van der Waals surface area contributed by atoms with E-state index >= 15 is 0 Å². The van der Waals surface area contributed by atoms with Gasteiger partial charge in [-0.05, 0) is 37.3 Å². The second-order valence-electron chi connectivity index (χ2n) is 5.11. The molecule has 4 nitrogen and oxygen atoms in total. The van der Waals surface area contributed by atoms with Crippen molar-refractivity contribution in [3.8, 4) is 5.75 Å². The van der Waals surface area contributed by atoms with Crippen LogP contribution in [0.15, 0.2) is 23.4 Å². The number of rotatable bonds is 3. The van der Waals surface area contributed by atoms with Gasteiger partial charge in [0.15, 0.2) is 5.84 Å². The summed E-state index contributed by atoms with van der Waals surface area (Å²) in [5.74, 6) is 1.23. The Morgan fingerprint density at radius 1 is 1.47 bits per heavy atom. The molecule has 1 aliphatic rings. The van der Waals surface area contributed by atoms with Crippen molar-refractivity contribution in [1.82, 2.24) is 0 Å². The molecule has 1 aromatic rings. The van der Waals surface area contributed by atoms with Gasteiger partial charge in [-0.2, -0.15) is 0 Å². The van der Waals surface area contributed by atoms with Crippen LogP contribution in [0.25, 0.3) is 0 Å². The molecule has 1 aromatic carbocycles. The molecule has 0 bridgehead atoms. The van der Waals surface area contributed by atoms with Crippen molar-refractivity contribution in [2.75, 3.05) is 0 Å². The predicted octanol–water partition coefficient (Wildman–Crippen LogP) is 3.39. The molecule has 0 spiro atoms. The fourth-order valence-corrected chi connectivity index (χ4v) is 2.83. The van der Waals surface area contributed by atoms with Crippen molar-refractivity contribution < 1.29 is 9.94 Å². The summed E-state index contributed by atoms with van der Waals surface area (Å²) in [5, 5.41) is 12.3. The molecule has 2 rings (SSSR count). The highest BCUT2D eigenvalue weighted by atomic mass is 35.5. The van der Waals surface area contributed by atoms with Crippen LogP contribution in [0.4, 0.5) is 0 Å². The van der Waals surface area contributed by atoms with E-state index in [0.717, 1.165) is 12.8 Å². The summed E-state index contributed by atoms with van der Waals surface area (Å²) < 4.78 is 6.00. The topological polar surface area (TPSA) is 67.8 Å². The van der Waals surface area contributed by atoms with Crippen LogP contribution in [0.3, 0.4) is 0 Å². The molecular formula is C14H19ClN2O2. The van der Waals surface area contributed by atoms with Crippen LogP contribution in [-0.4, -0.2) is 17.1 Å². The number of amidine groups is 1. The highest BCUT2D eigenvalue weighted by Gasteiger charge is 2.22. The highest BCUT2D eigenvalue weighted by Crippen LogP contribution is 2.31. The second-order valence-corrected chi connectivity index (χ2v) is 5.52. The normalized spacial score (nSPS) is 24.2. The van der Waals surface area contributed by atoms with Crippen molar-refractivity contribution in [2.24, 2.45) is 16.8 Å². The molecule has 0 aromatic heterocycles. The molecular weight excluding hydrogens is 264 g/mol. The summed E-state index contributed by atoms with van der Waals surface area (Å²) >= 11 is 6.10.